The second kappa shape index (κ2) is 8.05. The Kier molecular flexibility index (Phi) is 5.68. The molecule has 1 heterocycles. The highest BCUT2D eigenvalue weighted by molar-refractivity contribution is 6.07. The zero-order valence-electron chi connectivity index (χ0n) is 15.0. The van der Waals surface area contributed by atoms with Gasteiger partial charge in [0.05, 0.1) is 16.7 Å². The number of hydrogen-bond donors (Lipinski definition) is 2. The van der Waals surface area contributed by atoms with E-state index in [1.165, 1.54) is 36.5 Å². The van der Waals surface area contributed by atoms with Crippen LogP contribution in [-0.4, -0.2) is 10.9 Å². The molecule has 0 aliphatic heterocycles. The van der Waals surface area contributed by atoms with Crippen molar-refractivity contribution in [2.75, 3.05) is 10.6 Å². The molecule has 3 aromatic rings. The first kappa shape index (κ1) is 21.2. The summed E-state index contributed by atoms with van der Waals surface area (Å²) in [6.45, 7) is 0. The molecule has 3 rings (SSSR count). The van der Waals surface area contributed by atoms with Crippen molar-refractivity contribution in [2.45, 2.75) is 12.4 Å². The van der Waals surface area contributed by atoms with Gasteiger partial charge in [-0.1, -0.05) is 6.07 Å². The fraction of sp³-hybridized carbons (Fsp3) is 0.100. The summed E-state index contributed by atoms with van der Waals surface area (Å²) >= 11 is 0. The smallest absolute Gasteiger partial charge is 0.340 e. The third kappa shape index (κ3) is 5.07. The number of amides is 1. The molecule has 0 spiro atoms. The number of anilines is 3. The molecule has 0 saturated heterocycles. The molecule has 2 aromatic carbocycles. The third-order valence-corrected chi connectivity index (χ3v) is 3.98. The number of nitrogens with one attached hydrogen (secondary N) is 2. The average molecular weight is 425 g/mol. The summed E-state index contributed by atoms with van der Waals surface area (Å²) in [7, 11) is 0. The van der Waals surface area contributed by atoms with Gasteiger partial charge < -0.3 is 10.6 Å². The number of carbonyl (C=O) groups is 1. The highest BCUT2D eigenvalue weighted by Crippen LogP contribution is 2.32. The van der Waals surface area contributed by atoms with Crippen LogP contribution in [0.3, 0.4) is 0 Å². The lowest BCUT2D eigenvalue weighted by Gasteiger charge is -2.13. The summed E-state index contributed by atoms with van der Waals surface area (Å²) in [5.74, 6) is -0.710. The van der Waals surface area contributed by atoms with Gasteiger partial charge in [-0.25, -0.2) is 4.98 Å². The van der Waals surface area contributed by atoms with Crippen LogP contribution in [0.5, 0.6) is 0 Å². The number of pyridine rings is 1. The van der Waals surface area contributed by atoms with Crippen LogP contribution >= 0.6 is 0 Å². The molecule has 2 N–H and O–H groups in total. The van der Waals surface area contributed by atoms with E-state index in [-0.39, 0.29) is 22.8 Å². The number of benzene rings is 2. The van der Waals surface area contributed by atoms with Crippen molar-refractivity contribution < 1.29 is 31.1 Å². The fourth-order valence-electron chi connectivity index (χ4n) is 2.54. The van der Waals surface area contributed by atoms with Crippen molar-refractivity contribution in [1.29, 1.82) is 0 Å². The molecule has 0 atom stereocenters. The topological polar surface area (TPSA) is 54.0 Å². The molecule has 0 aliphatic rings. The normalized spacial score (nSPS) is 11.8. The standard InChI is InChI=1S/C20H13F6N3O/c21-19(22,23)12-6-8-14(9-7-12)28-17-16(5-2-10-27-17)18(30)29-15-4-1-3-13(11-15)20(24,25)26/h1-11H,(H,27,28)(H,29,30). The molecule has 10 heteroatoms. The SMILES string of the molecule is O=C(Nc1cccc(C(F)(F)F)c1)c1cccnc1Nc1ccc(C(F)(F)F)cc1. The minimum absolute atomic E-state index is 0.00481. The van der Waals surface area contributed by atoms with Crippen molar-refractivity contribution in [3.05, 3.63) is 83.6 Å². The van der Waals surface area contributed by atoms with Crippen LogP contribution in [0.1, 0.15) is 21.5 Å². The quantitative estimate of drug-likeness (QED) is 0.496. The van der Waals surface area contributed by atoms with E-state index in [2.05, 4.69) is 15.6 Å². The number of aromatic nitrogens is 1. The maximum absolute atomic E-state index is 12.8. The maximum Gasteiger partial charge on any atom is 0.416 e. The number of rotatable bonds is 4. The molecule has 30 heavy (non-hydrogen) atoms. The number of nitrogens with zero attached hydrogens (tertiary/aromatic N) is 1. The van der Waals surface area contributed by atoms with Gasteiger partial charge >= 0.3 is 12.4 Å². The summed E-state index contributed by atoms with van der Waals surface area (Å²) < 4.78 is 76.5. The molecule has 156 valence electrons. The second-order valence-electron chi connectivity index (χ2n) is 6.13. The predicted molar refractivity (Wildman–Crippen MR) is 98.4 cm³/mol. The van der Waals surface area contributed by atoms with Crippen LogP contribution in [0.15, 0.2) is 66.9 Å². The lowest BCUT2D eigenvalue weighted by Crippen LogP contribution is -2.15. The highest BCUT2D eigenvalue weighted by Gasteiger charge is 2.31. The van der Waals surface area contributed by atoms with E-state index in [4.69, 9.17) is 0 Å². The molecule has 0 aliphatic carbocycles. The number of halogens is 6. The molecular weight excluding hydrogens is 412 g/mol. The molecule has 0 fully saturated rings. The first-order valence-corrected chi connectivity index (χ1v) is 8.42. The van der Waals surface area contributed by atoms with E-state index in [9.17, 15) is 31.1 Å². The van der Waals surface area contributed by atoms with Crippen LogP contribution in [0.25, 0.3) is 0 Å². The van der Waals surface area contributed by atoms with Crippen LogP contribution in [0.4, 0.5) is 43.5 Å². The van der Waals surface area contributed by atoms with Crippen LogP contribution in [0.2, 0.25) is 0 Å². The van der Waals surface area contributed by atoms with Crippen LogP contribution in [0, 0.1) is 0 Å². The number of alkyl halides is 6. The van der Waals surface area contributed by atoms with Crippen molar-refractivity contribution in [3.63, 3.8) is 0 Å². The van der Waals surface area contributed by atoms with E-state index in [0.29, 0.717) is 0 Å². The lowest BCUT2D eigenvalue weighted by atomic mass is 10.1. The summed E-state index contributed by atoms with van der Waals surface area (Å²) in [6.07, 6.45) is -7.70. The Morgan fingerprint density at radius 2 is 1.43 bits per heavy atom. The van der Waals surface area contributed by atoms with Gasteiger partial charge in [-0.3, -0.25) is 4.79 Å². The van der Waals surface area contributed by atoms with E-state index in [1.807, 2.05) is 0 Å². The van der Waals surface area contributed by atoms with E-state index in [1.54, 1.807) is 0 Å². The zero-order chi connectivity index (χ0) is 21.9. The summed E-state index contributed by atoms with van der Waals surface area (Å²) in [5, 5.41) is 5.09. The van der Waals surface area contributed by atoms with Crippen molar-refractivity contribution in [1.82, 2.24) is 4.98 Å². The summed E-state index contributed by atoms with van der Waals surface area (Å²) in [5.41, 5.74) is -1.59. The number of carbonyl (C=O) groups excluding carboxylic acids is 1. The molecule has 0 bridgehead atoms. The Bertz CT molecular complexity index is 1050. The summed E-state index contributed by atoms with van der Waals surface area (Å²) in [6, 6.07) is 11.0. The first-order chi connectivity index (χ1) is 14.0. The summed E-state index contributed by atoms with van der Waals surface area (Å²) in [4.78, 5) is 16.5. The molecule has 4 nitrogen and oxygen atoms in total. The molecule has 1 aromatic heterocycles. The van der Waals surface area contributed by atoms with E-state index >= 15 is 0 Å². The Morgan fingerprint density at radius 1 is 0.767 bits per heavy atom. The highest BCUT2D eigenvalue weighted by atomic mass is 19.4. The van der Waals surface area contributed by atoms with Gasteiger partial charge in [0.2, 0.25) is 0 Å². The van der Waals surface area contributed by atoms with Crippen LogP contribution in [-0.2, 0) is 12.4 Å². The number of hydrogen-bond acceptors (Lipinski definition) is 3. The lowest BCUT2D eigenvalue weighted by molar-refractivity contribution is -0.138. The second-order valence-corrected chi connectivity index (χ2v) is 6.13. The van der Waals surface area contributed by atoms with Crippen molar-refractivity contribution in [3.8, 4) is 0 Å². The average Bonchev–Trinajstić information content (AvgIpc) is 2.67. The van der Waals surface area contributed by atoms with Gasteiger partial charge in [-0.15, -0.1) is 0 Å². The van der Waals surface area contributed by atoms with Gasteiger partial charge in [0, 0.05) is 17.6 Å². The third-order valence-electron chi connectivity index (χ3n) is 3.98. The Hall–Kier alpha value is -3.56. The Balaban J connectivity index is 1.80. The zero-order valence-corrected chi connectivity index (χ0v) is 15.0. The monoisotopic (exact) mass is 425 g/mol. The van der Waals surface area contributed by atoms with Crippen molar-refractivity contribution >= 4 is 23.1 Å². The van der Waals surface area contributed by atoms with E-state index < -0.39 is 29.4 Å². The molecule has 0 radical (unpaired) electrons. The van der Waals surface area contributed by atoms with Gasteiger partial charge in [0.1, 0.15) is 5.82 Å². The fourth-order valence-corrected chi connectivity index (χ4v) is 2.54. The maximum atomic E-state index is 12.8. The van der Waals surface area contributed by atoms with Gasteiger partial charge in [0.25, 0.3) is 5.91 Å². The Labute approximate surface area is 166 Å². The largest absolute Gasteiger partial charge is 0.416 e. The van der Waals surface area contributed by atoms with Crippen LogP contribution < -0.4 is 10.6 Å². The molecular formula is C20H13F6N3O. The predicted octanol–water partition coefficient (Wildman–Crippen LogP) is 6.12. The van der Waals surface area contributed by atoms with E-state index in [0.717, 1.165) is 30.3 Å². The minimum Gasteiger partial charge on any atom is -0.340 e. The van der Waals surface area contributed by atoms with Gasteiger partial charge in [0.15, 0.2) is 0 Å². The Morgan fingerprint density at radius 3 is 2.07 bits per heavy atom. The van der Waals surface area contributed by atoms with Gasteiger partial charge in [-0.2, -0.15) is 26.3 Å². The minimum atomic E-state index is -4.57. The van der Waals surface area contributed by atoms with Crippen molar-refractivity contribution in [2.24, 2.45) is 0 Å². The molecule has 1 amide bonds. The van der Waals surface area contributed by atoms with Gasteiger partial charge in [-0.05, 0) is 54.6 Å². The molecule has 0 saturated carbocycles. The first-order valence-electron chi connectivity index (χ1n) is 8.42. The molecule has 0 unspecified atom stereocenters.